The van der Waals surface area contributed by atoms with E-state index >= 15 is 0 Å². The molecule has 1 saturated carbocycles. The van der Waals surface area contributed by atoms with E-state index in [0.717, 1.165) is 5.01 Å². The molecule has 2 aromatic carbocycles. The highest BCUT2D eigenvalue weighted by Crippen LogP contribution is 2.77. The number of allylic oxidation sites excluding steroid dienone is 2. The summed E-state index contributed by atoms with van der Waals surface area (Å²) in [6.07, 6.45) is 0. The van der Waals surface area contributed by atoms with E-state index in [9.17, 15) is 19.2 Å². The number of halogens is 7. The van der Waals surface area contributed by atoms with E-state index in [1.807, 2.05) is 0 Å². The van der Waals surface area contributed by atoms with E-state index in [-0.39, 0.29) is 21.2 Å². The summed E-state index contributed by atoms with van der Waals surface area (Å²) in [6.45, 7) is -0.710. The second-order valence-electron chi connectivity index (χ2n) is 9.09. The van der Waals surface area contributed by atoms with Gasteiger partial charge in [-0.15, -0.1) is 23.2 Å². The molecule has 5 rings (SSSR count). The third-order valence-electron chi connectivity index (χ3n) is 7.14. The second-order valence-corrected chi connectivity index (χ2v) is 12.8. The van der Waals surface area contributed by atoms with E-state index in [1.54, 1.807) is 12.1 Å². The van der Waals surface area contributed by atoms with Gasteiger partial charge in [0.15, 0.2) is 10.1 Å². The highest BCUT2D eigenvalue weighted by Gasteiger charge is 2.88. The summed E-state index contributed by atoms with van der Waals surface area (Å²) in [4.78, 5) is 50.7. The Bertz CT molecular complexity index is 1430. The number of Topliss-reactive ketones (excluding diaryl/α,β-unsaturated/α-hetero) is 1. The van der Waals surface area contributed by atoms with Crippen LogP contribution in [0.2, 0.25) is 5.02 Å². The molecule has 1 saturated heterocycles. The van der Waals surface area contributed by atoms with Crippen molar-refractivity contribution in [3.8, 4) is 5.75 Å². The largest absolute Gasteiger partial charge is 0.497 e. The zero-order chi connectivity index (χ0) is 28.7. The summed E-state index contributed by atoms with van der Waals surface area (Å²) in [5, 5.41) is 1.05. The summed E-state index contributed by atoms with van der Waals surface area (Å²) in [5.41, 5.74) is 0.205. The number of methoxy groups -OCH3 is 1. The zero-order valence-corrected chi connectivity index (χ0v) is 24.9. The molecular weight excluding hydrogens is 656 g/mol. The number of ether oxygens (including phenoxy) is 1. The van der Waals surface area contributed by atoms with Crippen LogP contribution in [0.5, 0.6) is 5.75 Å². The number of benzene rings is 2. The summed E-state index contributed by atoms with van der Waals surface area (Å²) in [7, 11) is 1.43. The van der Waals surface area contributed by atoms with Gasteiger partial charge in [-0.25, -0.2) is 5.01 Å². The summed E-state index contributed by atoms with van der Waals surface area (Å²) in [6, 6.07) is 11.8. The average Bonchev–Trinajstić information content (AvgIpc) is 3.30. The Balaban J connectivity index is 1.59. The standard InChI is InChI=1S/C25H15Cl7N2O5/c1-39-14-4-2-3-12(9-14)15(35)10-33(20(36)11-5-7-13(26)8-6-11)34-21(37)16-17(22(34)38)24(30)19(28)18(27)23(16,29)25(24,31)32/h2-9,16-17H,10H2,1H3/t16-,17-,23-,24-/m1/s1. The second kappa shape index (κ2) is 9.69. The lowest BCUT2D eigenvalue weighted by molar-refractivity contribution is -0.154. The third-order valence-corrected chi connectivity index (χ3v) is 11.6. The van der Waals surface area contributed by atoms with Gasteiger partial charge in [-0.2, -0.15) is 5.01 Å². The number of hydrogen-bond acceptors (Lipinski definition) is 5. The summed E-state index contributed by atoms with van der Waals surface area (Å²) >= 11 is 45.3. The minimum absolute atomic E-state index is 0.0397. The van der Waals surface area contributed by atoms with Crippen LogP contribution in [0.15, 0.2) is 58.6 Å². The van der Waals surface area contributed by atoms with Crippen molar-refractivity contribution >= 4 is 105 Å². The first-order chi connectivity index (χ1) is 18.2. The normalized spacial score (nSPS) is 28.7. The molecule has 3 amide bonds. The molecule has 0 unspecified atom stereocenters. The first-order valence-electron chi connectivity index (χ1n) is 11.2. The fourth-order valence-electron chi connectivity index (χ4n) is 5.22. The van der Waals surface area contributed by atoms with E-state index < -0.39 is 56.0 Å². The quantitative estimate of drug-likeness (QED) is 0.213. The molecule has 4 atom stereocenters. The Labute approximate surface area is 257 Å². The Morgan fingerprint density at radius 3 is 1.92 bits per heavy atom. The number of nitrogens with zero attached hydrogens (tertiary/aromatic N) is 2. The molecule has 2 fully saturated rings. The molecule has 204 valence electrons. The number of hydrazine groups is 1. The first-order valence-corrected chi connectivity index (χ1v) is 13.8. The Hall–Kier alpha value is -1.71. The average molecular weight is 672 g/mol. The first kappa shape index (κ1) is 28.8. The van der Waals surface area contributed by atoms with E-state index in [2.05, 4.69) is 0 Å². The fourth-order valence-corrected chi connectivity index (χ4v) is 8.27. The molecule has 0 aromatic heterocycles. The molecule has 1 aliphatic heterocycles. The maximum absolute atomic E-state index is 13.9. The van der Waals surface area contributed by atoms with Gasteiger partial charge < -0.3 is 4.74 Å². The highest BCUT2D eigenvalue weighted by atomic mass is 35.5. The van der Waals surface area contributed by atoms with E-state index in [0.29, 0.717) is 15.8 Å². The molecule has 0 radical (unpaired) electrons. The van der Waals surface area contributed by atoms with Gasteiger partial charge in [-0.05, 0) is 36.4 Å². The SMILES string of the molecule is COc1cccc(C(=O)CN(C(=O)c2ccc(Cl)cc2)N2C(=O)[C@H]3[C@H](C2=O)[C@@]2(Cl)C(Cl)=C(Cl)[C@@]3(Cl)C2(Cl)Cl)c1. The number of hydrogen-bond donors (Lipinski definition) is 0. The Morgan fingerprint density at radius 2 is 1.41 bits per heavy atom. The van der Waals surface area contributed by atoms with Crippen molar-refractivity contribution in [2.24, 2.45) is 11.8 Å². The Morgan fingerprint density at radius 1 is 0.872 bits per heavy atom. The van der Waals surface area contributed by atoms with Gasteiger partial charge in [0.2, 0.25) is 0 Å². The van der Waals surface area contributed by atoms with Gasteiger partial charge in [0.05, 0.1) is 29.0 Å². The topological polar surface area (TPSA) is 84.0 Å². The molecule has 0 spiro atoms. The van der Waals surface area contributed by atoms with Gasteiger partial charge in [-0.3, -0.25) is 19.2 Å². The van der Waals surface area contributed by atoms with Crippen molar-refractivity contribution in [3.63, 3.8) is 0 Å². The van der Waals surface area contributed by atoms with E-state index in [1.165, 1.54) is 43.5 Å². The third kappa shape index (κ3) is 3.78. The predicted molar refractivity (Wildman–Crippen MR) is 149 cm³/mol. The van der Waals surface area contributed by atoms with Crippen LogP contribution >= 0.6 is 81.2 Å². The summed E-state index contributed by atoms with van der Waals surface area (Å²) < 4.78 is 3.02. The van der Waals surface area contributed by atoms with Gasteiger partial charge in [0, 0.05) is 16.1 Å². The van der Waals surface area contributed by atoms with Crippen molar-refractivity contribution in [1.82, 2.24) is 10.0 Å². The van der Waals surface area contributed by atoms with Crippen LogP contribution in [-0.2, 0) is 9.59 Å². The molecule has 39 heavy (non-hydrogen) atoms. The van der Waals surface area contributed by atoms with Crippen LogP contribution in [0.4, 0.5) is 0 Å². The molecule has 3 aliphatic rings. The van der Waals surface area contributed by atoms with Crippen LogP contribution in [0.1, 0.15) is 20.7 Å². The smallest absolute Gasteiger partial charge is 0.273 e. The van der Waals surface area contributed by atoms with Gasteiger partial charge in [-0.1, -0.05) is 70.1 Å². The number of carbonyl (C=O) groups is 4. The number of carbonyl (C=O) groups excluding carboxylic acids is 4. The van der Waals surface area contributed by atoms with Crippen LogP contribution in [0.25, 0.3) is 0 Å². The molecular formula is C25H15Cl7N2O5. The number of imide groups is 1. The van der Waals surface area contributed by atoms with Crippen molar-refractivity contribution in [2.75, 3.05) is 13.7 Å². The van der Waals surface area contributed by atoms with Crippen molar-refractivity contribution in [3.05, 3.63) is 74.7 Å². The number of amides is 3. The van der Waals surface area contributed by atoms with Crippen molar-refractivity contribution < 1.29 is 23.9 Å². The maximum Gasteiger partial charge on any atom is 0.273 e. The van der Waals surface area contributed by atoms with Crippen LogP contribution in [0, 0.1) is 11.8 Å². The van der Waals surface area contributed by atoms with Gasteiger partial charge in [0.25, 0.3) is 17.7 Å². The lowest BCUT2D eigenvalue weighted by atomic mass is 9.84. The molecule has 7 nitrogen and oxygen atoms in total. The fraction of sp³-hybridized carbons (Fsp3) is 0.280. The number of ketones is 1. The maximum atomic E-state index is 13.9. The molecule has 2 aromatic rings. The summed E-state index contributed by atoms with van der Waals surface area (Å²) in [5.74, 6) is -5.98. The molecule has 1 heterocycles. The zero-order valence-electron chi connectivity index (χ0n) is 19.6. The molecule has 14 heteroatoms. The Kier molecular flexibility index (Phi) is 7.16. The molecule has 2 bridgehead atoms. The lowest BCUT2D eigenvalue weighted by Crippen LogP contribution is -2.56. The lowest BCUT2D eigenvalue weighted by Gasteiger charge is -2.36. The van der Waals surface area contributed by atoms with Crippen LogP contribution in [0.3, 0.4) is 0 Å². The van der Waals surface area contributed by atoms with Crippen LogP contribution < -0.4 is 4.74 Å². The molecule has 0 N–H and O–H groups in total. The van der Waals surface area contributed by atoms with Gasteiger partial charge in [0.1, 0.15) is 22.0 Å². The van der Waals surface area contributed by atoms with Crippen molar-refractivity contribution in [2.45, 2.75) is 14.1 Å². The number of rotatable bonds is 6. The predicted octanol–water partition coefficient (Wildman–Crippen LogP) is 6.04. The minimum atomic E-state index is -2.15. The van der Waals surface area contributed by atoms with E-state index in [4.69, 9.17) is 85.9 Å². The number of alkyl halides is 4. The number of fused-ring (bicyclic) bond motifs is 5. The van der Waals surface area contributed by atoms with Crippen LogP contribution in [-0.4, -0.2) is 61.3 Å². The molecule has 2 aliphatic carbocycles. The van der Waals surface area contributed by atoms with Crippen molar-refractivity contribution in [1.29, 1.82) is 0 Å². The van der Waals surface area contributed by atoms with Gasteiger partial charge >= 0.3 is 0 Å². The monoisotopic (exact) mass is 668 g/mol. The highest BCUT2D eigenvalue weighted by molar-refractivity contribution is 6.66. The minimum Gasteiger partial charge on any atom is -0.497 e.